The highest BCUT2D eigenvalue weighted by Crippen LogP contribution is 2.26. The van der Waals surface area contributed by atoms with E-state index in [2.05, 4.69) is 22.5 Å². The minimum Gasteiger partial charge on any atom is -0.487 e. The summed E-state index contributed by atoms with van der Waals surface area (Å²) in [5, 5.41) is 8.96. The minimum atomic E-state index is -1.02. The molecule has 3 nitrogen and oxygen atoms in total. The zero-order valence-electron chi connectivity index (χ0n) is 7.67. The molecule has 0 unspecified atom stereocenters. The number of benzene rings is 1. The molecule has 0 saturated heterocycles. The molecule has 1 N–H and O–H groups in total. The molecule has 80 valence electrons. The van der Waals surface area contributed by atoms with E-state index >= 15 is 0 Å². The standard InChI is InChI=1S/C10H8BrClO3/c1-6(11)5-15-9-3-2-7(10(13)14)4-8(9)12/h2-4H,1,5H2,(H,13,14). The average Bonchev–Trinajstić information content (AvgIpc) is 2.15. The van der Waals surface area contributed by atoms with Crippen molar-refractivity contribution in [1.29, 1.82) is 0 Å². The van der Waals surface area contributed by atoms with E-state index in [-0.39, 0.29) is 17.2 Å². The van der Waals surface area contributed by atoms with Gasteiger partial charge < -0.3 is 9.84 Å². The molecule has 0 fully saturated rings. The fourth-order valence-electron chi connectivity index (χ4n) is 0.907. The molecule has 0 aliphatic heterocycles. The van der Waals surface area contributed by atoms with E-state index in [1.54, 1.807) is 0 Å². The lowest BCUT2D eigenvalue weighted by Gasteiger charge is -2.07. The number of ether oxygens (including phenoxy) is 1. The molecular weight excluding hydrogens is 283 g/mol. The normalized spacial score (nSPS) is 9.73. The van der Waals surface area contributed by atoms with E-state index in [1.165, 1.54) is 18.2 Å². The molecule has 0 heterocycles. The van der Waals surface area contributed by atoms with Crippen LogP contribution in [0.5, 0.6) is 5.75 Å². The monoisotopic (exact) mass is 290 g/mol. The van der Waals surface area contributed by atoms with Crippen molar-refractivity contribution in [2.75, 3.05) is 6.61 Å². The SMILES string of the molecule is C=C(Br)COc1ccc(C(=O)O)cc1Cl. The van der Waals surface area contributed by atoms with Crippen LogP contribution in [0.4, 0.5) is 0 Å². The van der Waals surface area contributed by atoms with Crippen LogP contribution in [0.1, 0.15) is 10.4 Å². The average molecular weight is 292 g/mol. The zero-order valence-corrected chi connectivity index (χ0v) is 10.0. The van der Waals surface area contributed by atoms with Crippen LogP contribution < -0.4 is 4.74 Å². The van der Waals surface area contributed by atoms with Gasteiger partial charge in [0, 0.05) is 4.48 Å². The maximum atomic E-state index is 10.6. The predicted molar refractivity (Wildman–Crippen MR) is 62.0 cm³/mol. The maximum Gasteiger partial charge on any atom is 0.335 e. The van der Waals surface area contributed by atoms with E-state index < -0.39 is 5.97 Å². The summed E-state index contributed by atoms with van der Waals surface area (Å²) >= 11 is 8.96. The van der Waals surface area contributed by atoms with Crippen molar-refractivity contribution in [1.82, 2.24) is 0 Å². The summed E-state index contributed by atoms with van der Waals surface area (Å²) in [6, 6.07) is 4.29. The number of aromatic carboxylic acids is 1. The van der Waals surface area contributed by atoms with Gasteiger partial charge in [-0.25, -0.2) is 4.79 Å². The van der Waals surface area contributed by atoms with Crippen molar-refractivity contribution in [3.8, 4) is 5.75 Å². The van der Waals surface area contributed by atoms with Crippen molar-refractivity contribution in [2.45, 2.75) is 0 Å². The lowest BCUT2D eigenvalue weighted by Crippen LogP contribution is -1.99. The van der Waals surface area contributed by atoms with Crippen LogP contribution in [-0.4, -0.2) is 17.7 Å². The van der Waals surface area contributed by atoms with E-state index in [0.29, 0.717) is 10.2 Å². The Morgan fingerprint density at radius 1 is 1.60 bits per heavy atom. The fourth-order valence-corrected chi connectivity index (χ4v) is 1.26. The molecule has 1 aromatic rings. The van der Waals surface area contributed by atoms with Crippen molar-refractivity contribution in [3.63, 3.8) is 0 Å². The van der Waals surface area contributed by atoms with Crippen molar-refractivity contribution >= 4 is 33.5 Å². The van der Waals surface area contributed by atoms with Gasteiger partial charge in [-0.3, -0.25) is 0 Å². The third kappa shape index (κ3) is 3.57. The van der Waals surface area contributed by atoms with Crippen LogP contribution in [-0.2, 0) is 0 Å². The molecule has 15 heavy (non-hydrogen) atoms. The molecule has 0 spiro atoms. The molecule has 0 aliphatic carbocycles. The van der Waals surface area contributed by atoms with Crippen LogP contribution in [0.3, 0.4) is 0 Å². The predicted octanol–water partition coefficient (Wildman–Crippen LogP) is 3.33. The Hall–Kier alpha value is -1.00. The summed E-state index contributed by atoms with van der Waals surface area (Å²) in [4.78, 5) is 10.6. The van der Waals surface area contributed by atoms with Crippen LogP contribution in [0, 0.1) is 0 Å². The number of carboxylic acid groups (broad SMARTS) is 1. The Labute approximate surface area is 100 Å². The second-order valence-corrected chi connectivity index (χ2v) is 4.28. The van der Waals surface area contributed by atoms with E-state index in [9.17, 15) is 4.79 Å². The molecule has 0 amide bonds. The van der Waals surface area contributed by atoms with Gasteiger partial charge in [-0.2, -0.15) is 0 Å². The molecule has 1 aromatic carbocycles. The lowest BCUT2D eigenvalue weighted by atomic mass is 10.2. The Kier molecular flexibility index (Phi) is 4.17. The molecule has 1 rings (SSSR count). The third-order valence-electron chi connectivity index (χ3n) is 1.56. The minimum absolute atomic E-state index is 0.130. The van der Waals surface area contributed by atoms with E-state index in [4.69, 9.17) is 21.4 Å². The number of hydrogen-bond acceptors (Lipinski definition) is 2. The summed E-state index contributed by atoms with van der Waals surface area (Å²) < 4.78 is 5.94. The molecule has 0 atom stereocenters. The first kappa shape index (κ1) is 12.1. The van der Waals surface area contributed by atoms with Crippen LogP contribution >= 0.6 is 27.5 Å². The van der Waals surface area contributed by atoms with Gasteiger partial charge in [-0.15, -0.1) is 0 Å². The van der Waals surface area contributed by atoms with Crippen molar-refractivity contribution in [2.24, 2.45) is 0 Å². The van der Waals surface area contributed by atoms with Crippen LogP contribution in [0.25, 0.3) is 0 Å². The summed E-state index contributed by atoms with van der Waals surface area (Å²) in [7, 11) is 0. The molecule has 0 bridgehead atoms. The van der Waals surface area contributed by atoms with Gasteiger partial charge in [0.05, 0.1) is 10.6 Å². The van der Waals surface area contributed by atoms with Gasteiger partial charge in [0.2, 0.25) is 0 Å². The quantitative estimate of drug-likeness (QED) is 0.925. The molecule has 0 aromatic heterocycles. The highest BCUT2D eigenvalue weighted by Gasteiger charge is 2.07. The zero-order chi connectivity index (χ0) is 11.4. The number of hydrogen-bond donors (Lipinski definition) is 1. The van der Waals surface area contributed by atoms with Gasteiger partial charge in [0.15, 0.2) is 0 Å². The highest BCUT2D eigenvalue weighted by molar-refractivity contribution is 9.11. The molecule has 5 heteroatoms. The number of carboxylic acids is 1. The fraction of sp³-hybridized carbons (Fsp3) is 0.100. The maximum absolute atomic E-state index is 10.6. The summed E-state index contributed by atoms with van der Waals surface area (Å²) in [5.41, 5.74) is 0.130. The first-order valence-corrected chi connectivity index (χ1v) is 5.16. The smallest absolute Gasteiger partial charge is 0.335 e. The third-order valence-corrected chi connectivity index (χ3v) is 2.09. The summed E-state index contributed by atoms with van der Waals surface area (Å²) in [5.74, 6) is -0.587. The van der Waals surface area contributed by atoms with Gasteiger partial charge in [-0.1, -0.05) is 34.1 Å². The number of halogens is 2. The first-order chi connectivity index (χ1) is 7.00. The summed E-state index contributed by atoms with van der Waals surface area (Å²) in [6.07, 6.45) is 0. The second kappa shape index (κ2) is 5.19. The molecule has 0 radical (unpaired) electrons. The first-order valence-electron chi connectivity index (χ1n) is 3.99. The Bertz CT molecular complexity index is 404. The van der Waals surface area contributed by atoms with E-state index in [0.717, 1.165) is 0 Å². The second-order valence-electron chi connectivity index (χ2n) is 2.76. The van der Waals surface area contributed by atoms with Crippen LogP contribution in [0.15, 0.2) is 29.3 Å². The van der Waals surface area contributed by atoms with Crippen molar-refractivity contribution < 1.29 is 14.6 Å². The van der Waals surface area contributed by atoms with Gasteiger partial charge in [0.25, 0.3) is 0 Å². The lowest BCUT2D eigenvalue weighted by molar-refractivity contribution is 0.0697. The van der Waals surface area contributed by atoms with Gasteiger partial charge in [0.1, 0.15) is 12.4 Å². The Morgan fingerprint density at radius 2 is 2.27 bits per heavy atom. The largest absolute Gasteiger partial charge is 0.487 e. The topological polar surface area (TPSA) is 46.5 Å². The van der Waals surface area contributed by atoms with E-state index in [1.807, 2.05) is 0 Å². The van der Waals surface area contributed by atoms with Crippen molar-refractivity contribution in [3.05, 3.63) is 39.8 Å². The number of carbonyl (C=O) groups is 1. The highest BCUT2D eigenvalue weighted by atomic mass is 79.9. The molecule has 0 saturated carbocycles. The Morgan fingerprint density at radius 3 is 2.73 bits per heavy atom. The molecule has 0 aliphatic rings. The Balaban J connectivity index is 2.83. The van der Waals surface area contributed by atoms with Crippen LogP contribution in [0.2, 0.25) is 5.02 Å². The number of rotatable bonds is 4. The van der Waals surface area contributed by atoms with Gasteiger partial charge >= 0.3 is 5.97 Å². The molecular formula is C10H8BrClO3. The summed E-state index contributed by atoms with van der Waals surface area (Å²) in [6.45, 7) is 3.88. The van der Waals surface area contributed by atoms with Gasteiger partial charge in [-0.05, 0) is 18.2 Å².